The van der Waals surface area contributed by atoms with E-state index in [-0.39, 0.29) is 11.5 Å². The predicted molar refractivity (Wildman–Crippen MR) is 57.8 cm³/mol. The number of hydrogen-bond donors (Lipinski definition) is 2. The van der Waals surface area contributed by atoms with Gasteiger partial charge in [0, 0.05) is 16.5 Å². The van der Waals surface area contributed by atoms with Crippen LogP contribution < -0.4 is 0 Å². The molecule has 0 saturated carbocycles. The Morgan fingerprint density at radius 1 is 1.21 bits per heavy atom. The lowest BCUT2D eigenvalue weighted by atomic mass is 10.1. The minimum Gasteiger partial charge on any atom is -0.508 e. The van der Waals surface area contributed by atoms with Crippen molar-refractivity contribution >= 4 is 11.3 Å². The first kappa shape index (κ1) is 9.09. The number of benzene rings is 1. The molecule has 2 rings (SSSR count). The molecule has 2 nitrogen and oxygen atoms in total. The average molecular weight is 206 g/mol. The molecule has 1 aromatic carbocycles. The molecular weight excluding hydrogens is 196 g/mol. The third kappa shape index (κ3) is 1.46. The van der Waals surface area contributed by atoms with Gasteiger partial charge >= 0.3 is 0 Å². The van der Waals surface area contributed by atoms with Crippen molar-refractivity contribution in [2.75, 3.05) is 0 Å². The van der Waals surface area contributed by atoms with Gasteiger partial charge in [-0.25, -0.2) is 0 Å². The van der Waals surface area contributed by atoms with Gasteiger partial charge in [0.25, 0.3) is 0 Å². The molecule has 0 spiro atoms. The fourth-order valence-electron chi connectivity index (χ4n) is 1.49. The Bertz CT molecular complexity index is 423. The molecule has 2 N–H and O–H groups in total. The van der Waals surface area contributed by atoms with Crippen molar-refractivity contribution in [2.24, 2.45) is 0 Å². The van der Waals surface area contributed by atoms with Crippen LogP contribution in [0.25, 0.3) is 10.4 Å². The first-order valence-electron chi connectivity index (χ1n) is 4.25. The van der Waals surface area contributed by atoms with Gasteiger partial charge in [-0.1, -0.05) is 6.07 Å². The lowest BCUT2D eigenvalue weighted by Crippen LogP contribution is -1.81. The van der Waals surface area contributed by atoms with Crippen molar-refractivity contribution in [3.63, 3.8) is 0 Å². The maximum absolute atomic E-state index is 9.69. The molecule has 1 aromatic heterocycles. The number of phenols is 2. The fourth-order valence-corrected chi connectivity index (χ4v) is 2.34. The highest BCUT2D eigenvalue weighted by molar-refractivity contribution is 7.13. The topological polar surface area (TPSA) is 40.5 Å². The highest BCUT2D eigenvalue weighted by atomic mass is 32.1. The van der Waals surface area contributed by atoms with E-state index in [0.29, 0.717) is 0 Å². The van der Waals surface area contributed by atoms with Gasteiger partial charge in [0.2, 0.25) is 0 Å². The molecule has 0 aliphatic rings. The second kappa shape index (κ2) is 3.35. The van der Waals surface area contributed by atoms with E-state index in [2.05, 4.69) is 0 Å². The smallest absolute Gasteiger partial charge is 0.128 e. The van der Waals surface area contributed by atoms with Crippen molar-refractivity contribution in [1.82, 2.24) is 0 Å². The molecule has 1 heterocycles. The highest BCUT2D eigenvalue weighted by Crippen LogP contribution is 2.37. The Morgan fingerprint density at radius 2 is 2.00 bits per heavy atom. The molecule has 72 valence electrons. The van der Waals surface area contributed by atoms with E-state index in [0.717, 1.165) is 16.0 Å². The Labute approximate surface area is 86.1 Å². The van der Waals surface area contributed by atoms with Crippen molar-refractivity contribution in [3.8, 4) is 21.9 Å². The Morgan fingerprint density at radius 3 is 2.57 bits per heavy atom. The van der Waals surface area contributed by atoms with Crippen molar-refractivity contribution in [3.05, 3.63) is 35.2 Å². The summed E-state index contributed by atoms with van der Waals surface area (Å²) in [5.74, 6) is 0.227. The minimum atomic E-state index is 0.0975. The van der Waals surface area contributed by atoms with Crippen LogP contribution in [0.5, 0.6) is 11.5 Å². The third-order valence-corrected chi connectivity index (χ3v) is 2.95. The van der Waals surface area contributed by atoms with Crippen LogP contribution in [0.15, 0.2) is 29.6 Å². The van der Waals surface area contributed by atoms with E-state index in [4.69, 9.17) is 0 Å². The second-order valence-corrected chi connectivity index (χ2v) is 4.08. The molecule has 0 radical (unpaired) electrons. The standard InChI is InChI=1S/C11H10O2S/c1-7-5-8(12)6-9(13)11(7)10-3-2-4-14-10/h2-6,12-13H,1H3. The number of rotatable bonds is 1. The van der Waals surface area contributed by atoms with Gasteiger partial charge in [-0.3, -0.25) is 0 Å². The summed E-state index contributed by atoms with van der Waals surface area (Å²) < 4.78 is 0. The summed E-state index contributed by atoms with van der Waals surface area (Å²) in [6, 6.07) is 6.90. The summed E-state index contributed by atoms with van der Waals surface area (Å²) in [5.41, 5.74) is 1.68. The quantitative estimate of drug-likeness (QED) is 0.752. The lowest BCUT2D eigenvalue weighted by molar-refractivity contribution is 0.451. The first-order chi connectivity index (χ1) is 6.68. The summed E-state index contributed by atoms with van der Waals surface area (Å²) in [4.78, 5) is 1.01. The van der Waals surface area contributed by atoms with Gasteiger partial charge in [0.15, 0.2) is 0 Å². The number of phenolic OH excluding ortho intramolecular Hbond substituents is 2. The van der Waals surface area contributed by atoms with Crippen LogP contribution in [0.4, 0.5) is 0 Å². The maximum atomic E-state index is 9.69. The molecule has 0 amide bonds. The van der Waals surface area contributed by atoms with Crippen molar-refractivity contribution in [2.45, 2.75) is 6.92 Å². The fraction of sp³-hybridized carbons (Fsp3) is 0.0909. The molecule has 3 heteroatoms. The summed E-state index contributed by atoms with van der Waals surface area (Å²) in [7, 11) is 0. The monoisotopic (exact) mass is 206 g/mol. The molecule has 0 bridgehead atoms. The van der Waals surface area contributed by atoms with E-state index < -0.39 is 0 Å². The first-order valence-corrected chi connectivity index (χ1v) is 5.13. The lowest BCUT2D eigenvalue weighted by Gasteiger charge is -2.06. The molecule has 0 aliphatic carbocycles. The SMILES string of the molecule is Cc1cc(O)cc(O)c1-c1cccs1. The van der Waals surface area contributed by atoms with Crippen LogP contribution >= 0.6 is 11.3 Å². The van der Waals surface area contributed by atoms with Crippen LogP contribution in [0.3, 0.4) is 0 Å². The molecule has 2 aromatic rings. The number of aryl methyl sites for hydroxylation is 1. The van der Waals surface area contributed by atoms with E-state index in [9.17, 15) is 10.2 Å². The Hall–Kier alpha value is -1.48. The number of aromatic hydroxyl groups is 2. The van der Waals surface area contributed by atoms with Crippen LogP contribution in [-0.4, -0.2) is 10.2 Å². The van der Waals surface area contributed by atoms with E-state index >= 15 is 0 Å². The van der Waals surface area contributed by atoms with E-state index in [1.165, 1.54) is 6.07 Å². The van der Waals surface area contributed by atoms with Gasteiger partial charge < -0.3 is 10.2 Å². The molecule has 14 heavy (non-hydrogen) atoms. The molecule has 0 saturated heterocycles. The zero-order valence-corrected chi connectivity index (χ0v) is 8.51. The zero-order chi connectivity index (χ0) is 10.1. The van der Waals surface area contributed by atoms with Crippen LogP contribution in [-0.2, 0) is 0 Å². The maximum Gasteiger partial charge on any atom is 0.128 e. The summed E-state index contributed by atoms with van der Waals surface area (Å²) >= 11 is 1.57. The van der Waals surface area contributed by atoms with Crippen molar-refractivity contribution < 1.29 is 10.2 Å². The van der Waals surface area contributed by atoms with Crippen LogP contribution in [0.1, 0.15) is 5.56 Å². The van der Waals surface area contributed by atoms with Gasteiger partial charge in [0.05, 0.1) is 0 Å². The summed E-state index contributed by atoms with van der Waals surface area (Å²) in [6.07, 6.45) is 0. The summed E-state index contributed by atoms with van der Waals surface area (Å²) in [6.45, 7) is 1.87. The average Bonchev–Trinajstić information content (AvgIpc) is 2.54. The number of thiophene rings is 1. The highest BCUT2D eigenvalue weighted by Gasteiger charge is 2.09. The zero-order valence-electron chi connectivity index (χ0n) is 7.69. The third-order valence-electron chi connectivity index (χ3n) is 2.07. The number of hydrogen-bond acceptors (Lipinski definition) is 3. The molecule has 0 atom stereocenters. The van der Waals surface area contributed by atoms with E-state index in [1.54, 1.807) is 17.4 Å². The van der Waals surface area contributed by atoms with E-state index in [1.807, 2.05) is 24.4 Å². The minimum absolute atomic E-state index is 0.0975. The second-order valence-electron chi connectivity index (χ2n) is 3.13. The van der Waals surface area contributed by atoms with Gasteiger partial charge in [-0.15, -0.1) is 11.3 Å². The molecular formula is C11H10O2S. The molecule has 0 unspecified atom stereocenters. The van der Waals surface area contributed by atoms with Crippen LogP contribution in [0, 0.1) is 6.92 Å². The van der Waals surface area contributed by atoms with Crippen molar-refractivity contribution in [1.29, 1.82) is 0 Å². The Balaban J connectivity index is 2.64. The molecule has 0 aliphatic heterocycles. The summed E-state index contributed by atoms with van der Waals surface area (Å²) in [5, 5.41) is 20.9. The normalized spacial score (nSPS) is 10.4. The molecule has 0 fully saturated rings. The van der Waals surface area contributed by atoms with Gasteiger partial charge in [-0.2, -0.15) is 0 Å². The predicted octanol–water partition coefficient (Wildman–Crippen LogP) is 3.13. The largest absolute Gasteiger partial charge is 0.508 e. The van der Waals surface area contributed by atoms with Gasteiger partial charge in [-0.05, 0) is 30.0 Å². The van der Waals surface area contributed by atoms with Crippen LogP contribution in [0.2, 0.25) is 0 Å². The Kier molecular flexibility index (Phi) is 2.17. The van der Waals surface area contributed by atoms with Gasteiger partial charge in [0.1, 0.15) is 11.5 Å².